The third-order valence-electron chi connectivity index (χ3n) is 8.92. The molecule has 9 nitrogen and oxygen atoms in total. The van der Waals surface area contributed by atoms with Crippen molar-refractivity contribution in [2.75, 3.05) is 26.8 Å². The molecular weight excluding hydrogens is 595 g/mol. The number of halogens is 1. The van der Waals surface area contributed by atoms with E-state index in [0.717, 1.165) is 45.8 Å². The van der Waals surface area contributed by atoms with Crippen LogP contribution in [0.1, 0.15) is 59.6 Å². The molecule has 2 aliphatic rings. The summed E-state index contributed by atoms with van der Waals surface area (Å²) in [7, 11) is -0.530. The molecular formula is C34H37FN4O5S. The summed E-state index contributed by atoms with van der Waals surface area (Å²) >= 11 is 0. The number of esters is 1. The molecule has 3 aromatic carbocycles. The van der Waals surface area contributed by atoms with Crippen LogP contribution >= 0.6 is 0 Å². The van der Waals surface area contributed by atoms with Gasteiger partial charge in [-0.1, -0.05) is 30.3 Å². The maximum absolute atomic E-state index is 14.2. The minimum atomic E-state index is -3.90. The van der Waals surface area contributed by atoms with Gasteiger partial charge in [-0.2, -0.15) is 4.31 Å². The molecule has 0 amide bonds. The summed E-state index contributed by atoms with van der Waals surface area (Å²) < 4.78 is 56.2. The Morgan fingerprint density at radius 1 is 1.18 bits per heavy atom. The quantitative estimate of drug-likeness (QED) is 0.200. The monoisotopic (exact) mass is 632 g/mol. The van der Waals surface area contributed by atoms with Crippen LogP contribution in [0.15, 0.2) is 53.4 Å². The topological polar surface area (TPSA) is 104 Å². The molecule has 1 aliphatic carbocycles. The Balaban J connectivity index is 1.44. The van der Waals surface area contributed by atoms with Gasteiger partial charge in [0.25, 0.3) is 0 Å². The van der Waals surface area contributed by atoms with Gasteiger partial charge in [-0.3, -0.25) is 0 Å². The number of methoxy groups -OCH3 is 1. The van der Waals surface area contributed by atoms with E-state index in [9.17, 15) is 17.6 Å². The summed E-state index contributed by atoms with van der Waals surface area (Å²) in [6, 6.07) is 11.9. The first-order valence-corrected chi connectivity index (χ1v) is 16.6. The number of rotatable bonds is 7. The van der Waals surface area contributed by atoms with Crippen LogP contribution in [-0.2, 0) is 39.4 Å². The van der Waals surface area contributed by atoms with Crippen molar-refractivity contribution in [3.8, 4) is 5.75 Å². The summed E-state index contributed by atoms with van der Waals surface area (Å²) in [6.45, 7) is 6.71. The minimum absolute atomic E-state index is 0.0588. The van der Waals surface area contributed by atoms with E-state index in [1.54, 1.807) is 31.8 Å². The zero-order valence-electron chi connectivity index (χ0n) is 26.1. The molecule has 1 aliphatic heterocycles. The number of fused-ring (bicyclic) bond motifs is 3. The van der Waals surface area contributed by atoms with E-state index in [4.69, 9.17) is 9.47 Å². The van der Waals surface area contributed by atoms with Gasteiger partial charge in [-0.25, -0.2) is 22.3 Å². The van der Waals surface area contributed by atoms with Crippen molar-refractivity contribution in [2.24, 2.45) is 13.0 Å². The highest BCUT2D eigenvalue weighted by Crippen LogP contribution is 2.43. The van der Waals surface area contributed by atoms with E-state index >= 15 is 0 Å². The zero-order valence-corrected chi connectivity index (χ0v) is 26.9. The normalized spacial score (nSPS) is 19.6. The van der Waals surface area contributed by atoms with Crippen molar-refractivity contribution in [1.29, 1.82) is 0 Å². The highest BCUT2D eigenvalue weighted by molar-refractivity contribution is 7.89. The number of hydrogen-bond acceptors (Lipinski definition) is 7. The number of ether oxygens (including phenoxy) is 2. The van der Waals surface area contributed by atoms with Gasteiger partial charge in [0.1, 0.15) is 22.6 Å². The highest BCUT2D eigenvalue weighted by Gasteiger charge is 2.37. The Kier molecular flexibility index (Phi) is 8.26. The lowest BCUT2D eigenvalue weighted by molar-refractivity contribution is -0.137. The first-order chi connectivity index (χ1) is 21.5. The van der Waals surface area contributed by atoms with Gasteiger partial charge in [-0.15, -0.1) is 5.10 Å². The van der Waals surface area contributed by atoms with Crippen LogP contribution in [0.2, 0.25) is 0 Å². The zero-order chi connectivity index (χ0) is 32.0. The third-order valence-corrected chi connectivity index (χ3v) is 10.8. The highest BCUT2D eigenvalue weighted by atomic mass is 32.2. The van der Waals surface area contributed by atoms with E-state index in [-0.39, 0.29) is 29.9 Å². The van der Waals surface area contributed by atoms with Gasteiger partial charge < -0.3 is 9.47 Å². The van der Waals surface area contributed by atoms with Gasteiger partial charge in [0, 0.05) is 26.2 Å². The average Bonchev–Trinajstić information content (AvgIpc) is 3.58. The summed E-state index contributed by atoms with van der Waals surface area (Å²) in [5.74, 6) is -0.452. The number of nitrogens with zero attached hydrogens (tertiary/aromatic N) is 4. The summed E-state index contributed by atoms with van der Waals surface area (Å²) in [6.07, 6.45) is 3.52. The first kappa shape index (κ1) is 30.9. The number of carbonyl (C=O) groups is 1. The molecule has 0 bridgehead atoms. The number of aromatic nitrogens is 3. The molecule has 0 saturated carbocycles. The second kappa shape index (κ2) is 12.0. The number of benzene rings is 3. The number of carbonyl (C=O) groups excluding carboxylic acids is 1. The van der Waals surface area contributed by atoms with E-state index in [1.165, 1.54) is 16.4 Å². The van der Waals surface area contributed by atoms with E-state index in [1.807, 2.05) is 38.1 Å². The maximum Gasteiger partial charge on any atom is 0.331 e. The summed E-state index contributed by atoms with van der Waals surface area (Å²) in [5, 5.41) is 8.44. The van der Waals surface area contributed by atoms with Crippen molar-refractivity contribution in [3.05, 3.63) is 87.7 Å². The standard InChI is InChI=1S/C34H37FN4O5S/c1-6-44-32(40)17-28(24-14-29-34(30(15-24)43-5)38(4)37-36-29)26-11-7-21(3)33-23(9-12-27(26)33)19-39-18-20(2)13-22-8-10-25(35)16-31(22)45(39,41)42/h7-8,10-11,14-17,20,23H,6,9,12-13,18-19H2,1-5H3/b28-17-/t20-,23?/m0/s1. The molecule has 0 radical (unpaired) electrons. The number of sulfonamides is 1. The predicted octanol–water partition coefficient (Wildman–Crippen LogP) is 5.33. The molecule has 1 unspecified atom stereocenters. The van der Waals surface area contributed by atoms with Crippen molar-refractivity contribution in [3.63, 3.8) is 0 Å². The van der Waals surface area contributed by atoms with Crippen LogP contribution in [-0.4, -0.2) is 60.5 Å². The molecule has 0 saturated heterocycles. The smallest absolute Gasteiger partial charge is 0.331 e. The van der Waals surface area contributed by atoms with Gasteiger partial charge in [0.15, 0.2) is 0 Å². The molecule has 6 rings (SSSR count). The van der Waals surface area contributed by atoms with E-state index in [2.05, 4.69) is 10.3 Å². The Morgan fingerprint density at radius 3 is 2.73 bits per heavy atom. The number of hydrogen-bond donors (Lipinski definition) is 0. The van der Waals surface area contributed by atoms with Crippen molar-refractivity contribution in [2.45, 2.75) is 50.8 Å². The minimum Gasteiger partial charge on any atom is -0.494 e. The van der Waals surface area contributed by atoms with Crippen molar-refractivity contribution < 1.29 is 27.1 Å². The predicted molar refractivity (Wildman–Crippen MR) is 169 cm³/mol. The molecule has 4 aromatic rings. The van der Waals surface area contributed by atoms with Crippen molar-refractivity contribution in [1.82, 2.24) is 19.3 Å². The van der Waals surface area contributed by atoms with Crippen LogP contribution in [0, 0.1) is 18.7 Å². The lowest BCUT2D eigenvalue weighted by Gasteiger charge is -2.26. The van der Waals surface area contributed by atoms with Gasteiger partial charge in [0.2, 0.25) is 10.0 Å². The molecule has 0 spiro atoms. The Labute approximate surface area is 262 Å². The largest absolute Gasteiger partial charge is 0.494 e. The van der Waals surface area contributed by atoms with E-state index in [0.29, 0.717) is 41.8 Å². The molecule has 0 fully saturated rings. The van der Waals surface area contributed by atoms with Crippen LogP contribution in [0.3, 0.4) is 0 Å². The Hall–Kier alpha value is -4.09. The fourth-order valence-corrected chi connectivity index (χ4v) is 8.83. The van der Waals surface area contributed by atoms with E-state index < -0.39 is 21.8 Å². The fourth-order valence-electron chi connectivity index (χ4n) is 6.98. The summed E-state index contributed by atoms with van der Waals surface area (Å²) in [5.41, 5.74) is 7.49. The first-order valence-electron chi connectivity index (χ1n) is 15.2. The molecule has 236 valence electrons. The fraction of sp³-hybridized carbons (Fsp3) is 0.382. The maximum atomic E-state index is 14.2. The van der Waals surface area contributed by atoms with Crippen LogP contribution < -0.4 is 4.74 Å². The molecule has 45 heavy (non-hydrogen) atoms. The molecule has 11 heteroatoms. The molecule has 1 aromatic heterocycles. The average molecular weight is 633 g/mol. The number of aryl methyl sites for hydroxylation is 2. The molecule has 2 heterocycles. The molecule has 0 N–H and O–H groups in total. The SMILES string of the molecule is CCOC(=O)/C=C(/c1cc(OC)c2c(c1)nnn2C)c1ccc(C)c2c1CCC2CN1C[C@@H](C)Cc2ccc(F)cc2S1(=O)=O. The van der Waals surface area contributed by atoms with Crippen LogP contribution in [0.4, 0.5) is 4.39 Å². The Morgan fingerprint density at radius 2 is 1.98 bits per heavy atom. The third kappa shape index (κ3) is 5.63. The second-order valence-corrected chi connectivity index (χ2v) is 13.9. The van der Waals surface area contributed by atoms with Crippen LogP contribution in [0.25, 0.3) is 16.6 Å². The van der Waals surface area contributed by atoms with Gasteiger partial charge >= 0.3 is 5.97 Å². The lowest BCUT2D eigenvalue weighted by Crippen LogP contribution is -2.36. The van der Waals surface area contributed by atoms with Crippen molar-refractivity contribution >= 4 is 32.6 Å². The molecule has 2 atom stereocenters. The van der Waals surface area contributed by atoms with Crippen LogP contribution in [0.5, 0.6) is 5.75 Å². The second-order valence-electron chi connectivity index (χ2n) is 12.0. The Bertz CT molecular complexity index is 1950. The summed E-state index contributed by atoms with van der Waals surface area (Å²) in [4.78, 5) is 13.0. The van der Waals surface area contributed by atoms with Gasteiger partial charge in [0.05, 0.1) is 18.6 Å². The van der Waals surface area contributed by atoms with Gasteiger partial charge in [-0.05, 0) is 108 Å². The lowest BCUT2D eigenvalue weighted by atomic mass is 9.88.